The minimum Gasteiger partial charge on any atom is -0.496 e. The predicted molar refractivity (Wildman–Crippen MR) is 66.0 cm³/mol. The van der Waals surface area contributed by atoms with Crippen molar-refractivity contribution in [3.63, 3.8) is 0 Å². The third-order valence-electron chi connectivity index (χ3n) is 2.71. The maximum atomic E-state index is 11.0. The zero-order valence-corrected chi connectivity index (χ0v) is 10.8. The Labute approximate surface area is 108 Å². The highest BCUT2D eigenvalue weighted by atomic mass is 35.5. The lowest BCUT2D eigenvalue weighted by Gasteiger charge is -2.07. The number of carboxylic acids is 1. The zero-order chi connectivity index (χ0) is 13.4. The Kier molecular flexibility index (Phi) is 3.09. The van der Waals surface area contributed by atoms with Crippen LogP contribution in [0.15, 0.2) is 10.5 Å². The van der Waals surface area contributed by atoms with Crippen LogP contribution in [-0.4, -0.2) is 25.3 Å². The number of carboxylic acid groups (broad SMARTS) is 1. The van der Waals surface area contributed by atoms with Crippen LogP contribution < -0.4 is 9.47 Å². The molecule has 2 rings (SSSR count). The largest absolute Gasteiger partial charge is 0.496 e. The maximum Gasteiger partial charge on any atom is 0.372 e. The molecule has 0 amide bonds. The van der Waals surface area contributed by atoms with Gasteiger partial charge >= 0.3 is 5.97 Å². The summed E-state index contributed by atoms with van der Waals surface area (Å²) in [6, 6.07) is 1.60. The molecule has 0 radical (unpaired) electrons. The van der Waals surface area contributed by atoms with E-state index in [1.54, 1.807) is 13.0 Å². The molecule has 0 saturated heterocycles. The van der Waals surface area contributed by atoms with E-state index >= 15 is 0 Å². The Bertz CT molecular complexity index is 629. The van der Waals surface area contributed by atoms with Crippen molar-refractivity contribution >= 4 is 28.5 Å². The van der Waals surface area contributed by atoms with E-state index in [1.807, 2.05) is 0 Å². The fourth-order valence-corrected chi connectivity index (χ4v) is 2.11. The van der Waals surface area contributed by atoms with Crippen LogP contribution in [0.3, 0.4) is 0 Å². The van der Waals surface area contributed by atoms with E-state index in [-0.39, 0.29) is 16.4 Å². The monoisotopic (exact) mass is 270 g/mol. The summed E-state index contributed by atoms with van der Waals surface area (Å²) in [6.07, 6.45) is 0. The fraction of sp³-hybridized carbons (Fsp3) is 0.250. The number of ether oxygens (including phenoxy) is 2. The van der Waals surface area contributed by atoms with E-state index in [0.29, 0.717) is 22.4 Å². The lowest BCUT2D eigenvalue weighted by atomic mass is 10.1. The number of hydrogen-bond donors (Lipinski definition) is 1. The molecule has 0 unspecified atom stereocenters. The first-order valence-electron chi connectivity index (χ1n) is 5.08. The van der Waals surface area contributed by atoms with Crippen molar-refractivity contribution in [3.05, 3.63) is 22.4 Å². The first-order chi connectivity index (χ1) is 8.51. The van der Waals surface area contributed by atoms with E-state index in [4.69, 9.17) is 30.6 Å². The summed E-state index contributed by atoms with van der Waals surface area (Å²) in [5.41, 5.74) is 0.724. The van der Waals surface area contributed by atoms with E-state index in [1.165, 1.54) is 14.2 Å². The van der Waals surface area contributed by atoms with Gasteiger partial charge in [0.05, 0.1) is 19.6 Å². The van der Waals surface area contributed by atoms with Crippen molar-refractivity contribution in [2.45, 2.75) is 6.92 Å². The van der Waals surface area contributed by atoms with Gasteiger partial charge in [-0.3, -0.25) is 0 Å². The molecule has 0 aliphatic rings. The van der Waals surface area contributed by atoms with Crippen LogP contribution in [0, 0.1) is 6.92 Å². The van der Waals surface area contributed by atoms with Crippen LogP contribution in [-0.2, 0) is 0 Å². The second kappa shape index (κ2) is 4.42. The summed E-state index contributed by atoms with van der Waals surface area (Å²) in [5, 5.41) is 9.81. The molecular weight excluding hydrogens is 260 g/mol. The van der Waals surface area contributed by atoms with E-state index < -0.39 is 5.97 Å². The van der Waals surface area contributed by atoms with Gasteiger partial charge in [0, 0.05) is 11.6 Å². The Morgan fingerprint density at radius 3 is 2.44 bits per heavy atom. The summed E-state index contributed by atoms with van der Waals surface area (Å²) < 4.78 is 15.6. The number of aromatic carboxylic acids is 1. The van der Waals surface area contributed by atoms with Crippen molar-refractivity contribution in [1.82, 2.24) is 0 Å². The SMILES string of the molecule is COc1cc(OC)c2c(C)c(C(=O)O)oc2c1Cl. The zero-order valence-electron chi connectivity index (χ0n) is 10.0. The first kappa shape index (κ1) is 12.6. The number of halogens is 1. The van der Waals surface area contributed by atoms with Crippen LogP contribution >= 0.6 is 11.6 Å². The summed E-state index contributed by atoms with van der Waals surface area (Å²) in [6.45, 7) is 1.64. The van der Waals surface area contributed by atoms with Crippen LogP contribution in [0.25, 0.3) is 11.0 Å². The lowest BCUT2D eigenvalue weighted by Crippen LogP contribution is -1.95. The van der Waals surface area contributed by atoms with Crippen LogP contribution in [0.4, 0.5) is 0 Å². The molecule has 1 aromatic heterocycles. The number of methoxy groups -OCH3 is 2. The second-order valence-corrected chi connectivity index (χ2v) is 4.04. The summed E-state index contributed by atoms with van der Waals surface area (Å²) in [4.78, 5) is 11.0. The number of carbonyl (C=O) groups is 1. The normalized spacial score (nSPS) is 10.7. The number of hydrogen-bond acceptors (Lipinski definition) is 4. The van der Waals surface area contributed by atoms with Crippen molar-refractivity contribution in [1.29, 1.82) is 0 Å². The minimum atomic E-state index is -1.15. The van der Waals surface area contributed by atoms with Crippen molar-refractivity contribution in [2.24, 2.45) is 0 Å². The molecule has 0 fully saturated rings. The summed E-state index contributed by atoms with van der Waals surface area (Å²) >= 11 is 6.09. The van der Waals surface area contributed by atoms with Crippen LogP contribution in [0.2, 0.25) is 5.02 Å². The topological polar surface area (TPSA) is 68.9 Å². The third kappa shape index (κ3) is 1.67. The van der Waals surface area contributed by atoms with E-state index in [0.717, 1.165) is 0 Å². The molecule has 96 valence electrons. The highest BCUT2D eigenvalue weighted by Crippen LogP contribution is 2.42. The third-order valence-corrected chi connectivity index (χ3v) is 3.06. The molecule has 0 saturated carbocycles. The molecule has 0 aliphatic carbocycles. The first-order valence-corrected chi connectivity index (χ1v) is 5.46. The van der Waals surface area contributed by atoms with Gasteiger partial charge in [0.1, 0.15) is 16.5 Å². The van der Waals surface area contributed by atoms with Gasteiger partial charge in [0.25, 0.3) is 0 Å². The quantitative estimate of drug-likeness (QED) is 0.928. The molecule has 0 bridgehead atoms. The molecule has 1 N–H and O–H groups in total. The predicted octanol–water partition coefficient (Wildman–Crippen LogP) is 3.11. The number of rotatable bonds is 3. The van der Waals surface area contributed by atoms with Crippen LogP contribution in [0.1, 0.15) is 16.1 Å². The van der Waals surface area contributed by atoms with Gasteiger partial charge in [-0.25, -0.2) is 4.79 Å². The van der Waals surface area contributed by atoms with E-state index in [9.17, 15) is 4.79 Å². The van der Waals surface area contributed by atoms with Gasteiger partial charge in [-0.15, -0.1) is 0 Å². The average Bonchev–Trinajstić information content (AvgIpc) is 2.69. The lowest BCUT2D eigenvalue weighted by molar-refractivity contribution is 0.0664. The molecule has 1 aromatic carbocycles. The molecule has 0 atom stereocenters. The Hall–Kier alpha value is -1.88. The molecule has 0 spiro atoms. The van der Waals surface area contributed by atoms with Gasteiger partial charge in [0.2, 0.25) is 5.76 Å². The molecule has 0 aliphatic heterocycles. The molecule has 2 aromatic rings. The second-order valence-electron chi connectivity index (χ2n) is 3.66. The Balaban J connectivity index is 2.91. The Morgan fingerprint density at radius 1 is 1.33 bits per heavy atom. The number of furan rings is 1. The van der Waals surface area contributed by atoms with Crippen molar-refractivity contribution in [3.8, 4) is 11.5 Å². The number of fused-ring (bicyclic) bond motifs is 1. The smallest absolute Gasteiger partial charge is 0.372 e. The van der Waals surface area contributed by atoms with Gasteiger partial charge in [-0.05, 0) is 6.92 Å². The average molecular weight is 271 g/mol. The highest BCUT2D eigenvalue weighted by Gasteiger charge is 2.23. The number of aryl methyl sites for hydroxylation is 1. The molecule has 1 heterocycles. The van der Waals surface area contributed by atoms with Gasteiger partial charge in [0.15, 0.2) is 5.58 Å². The fourth-order valence-electron chi connectivity index (χ4n) is 1.84. The standard InChI is InChI=1S/C12H11ClO5/c1-5-8-6(16-2)4-7(17-3)9(13)11(8)18-10(5)12(14)15/h4H,1-3H3,(H,14,15). The maximum absolute atomic E-state index is 11.0. The van der Waals surface area contributed by atoms with Crippen molar-refractivity contribution in [2.75, 3.05) is 14.2 Å². The van der Waals surface area contributed by atoms with Gasteiger partial charge in [-0.2, -0.15) is 0 Å². The van der Waals surface area contributed by atoms with Crippen LogP contribution in [0.5, 0.6) is 11.5 Å². The Morgan fingerprint density at radius 2 is 1.94 bits per heavy atom. The minimum absolute atomic E-state index is 0.154. The van der Waals surface area contributed by atoms with Crippen molar-refractivity contribution < 1.29 is 23.8 Å². The van der Waals surface area contributed by atoms with Gasteiger partial charge < -0.3 is 19.0 Å². The van der Waals surface area contributed by atoms with Gasteiger partial charge in [-0.1, -0.05) is 11.6 Å². The van der Waals surface area contributed by atoms with E-state index in [2.05, 4.69) is 0 Å². The molecule has 6 heteroatoms. The molecule has 18 heavy (non-hydrogen) atoms. The number of benzene rings is 1. The summed E-state index contributed by atoms with van der Waals surface area (Å²) in [5.74, 6) is -0.481. The molecule has 5 nitrogen and oxygen atoms in total. The summed E-state index contributed by atoms with van der Waals surface area (Å²) in [7, 11) is 2.94. The highest BCUT2D eigenvalue weighted by molar-refractivity contribution is 6.37. The molecular formula is C12H11ClO5.